The number of hydrogen-bond donors (Lipinski definition) is 1. The Bertz CT molecular complexity index is 648. The molecule has 0 aliphatic carbocycles. The van der Waals surface area contributed by atoms with E-state index >= 15 is 0 Å². The molecule has 0 aliphatic heterocycles. The molecule has 2 aromatic rings. The molecule has 0 atom stereocenters. The number of alkyl halides is 3. The number of carboxylic acid groups (broad SMARTS) is 1. The van der Waals surface area contributed by atoms with Crippen LogP contribution in [0.2, 0.25) is 0 Å². The van der Waals surface area contributed by atoms with Crippen molar-refractivity contribution in [3.05, 3.63) is 59.7 Å². The number of benzene rings is 2. The zero-order chi connectivity index (χ0) is 15.5. The molecule has 21 heavy (non-hydrogen) atoms. The third kappa shape index (κ3) is 3.84. The highest BCUT2D eigenvalue weighted by Gasteiger charge is 2.33. The first-order valence-electron chi connectivity index (χ1n) is 6.35. The summed E-state index contributed by atoms with van der Waals surface area (Å²) in [6, 6.07) is 11.9. The maximum absolute atomic E-state index is 13.0. The summed E-state index contributed by atoms with van der Waals surface area (Å²) in [5.74, 6) is -0.934. The van der Waals surface area contributed by atoms with Crippen LogP contribution in [0.25, 0.3) is 11.1 Å². The molecule has 0 fully saturated rings. The summed E-state index contributed by atoms with van der Waals surface area (Å²) in [4.78, 5) is 10.6. The van der Waals surface area contributed by atoms with E-state index in [4.69, 9.17) is 5.11 Å². The van der Waals surface area contributed by atoms with Crippen LogP contribution in [0.1, 0.15) is 17.5 Å². The van der Waals surface area contributed by atoms with Crippen LogP contribution in [0.3, 0.4) is 0 Å². The van der Waals surface area contributed by atoms with E-state index in [2.05, 4.69) is 0 Å². The number of carbonyl (C=O) groups is 1. The second-order valence-electron chi connectivity index (χ2n) is 4.64. The van der Waals surface area contributed by atoms with Crippen molar-refractivity contribution in [2.24, 2.45) is 0 Å². The molecule has 0 spiro atoms. The fourth-order valence-electron chi connectivity index (χ4n) is 2.13. The number of carboxylic acids is 1. The molecule has 0 aromatic heterocycles. The Morgan fingerprint density at radius 1 is 1.05 bits per heavy atom. The lowest BCUT2D eigenvalue weighted by molar-refractivity contribution is -0.137. The van der Waals surface area contributed by atoms with Gasteiger partial charge in [-0.15, -0.1) is 0 Å². The summed E-state index contributed by atoms with van der Waals surface area (Å²) in [5, 5.41) is 8.66. The number of aliphatic carboxylic acids is 1. The molecule has 0 aliphatic rings. The zero-order valence-electron chi connectivity index (χ0n) is 11.0. The van der Waals surface area contributed by atoms with Crippen LogP contribution in [0.4, 0.5) is 13.2 Å². The van der Waals surface area contributed by atoms with Gasteiger partial charge in [0, 0.05) is 6.42 Å². The van der Waals surface area contributed by atoms with Gasteiger partial charge in [0.2, 0.25) is 0 Å². The summed E-state index contributed by atoms with van der Waals surface area (Å²) in [6.07, 6.45) is -4.19. The van der Waals surface area contributed by atoms with Gasteiger partial charge in [0.15, 0.2) is 0 Å². The first kappa shape index (κ1) is 15.1. The Morgan fingerprint density at radius 2 is 1.76 bits per heavy atom. The average molecular weight is 294 g/mol. The predicted octanol–water partition coefficient (Wildman–Crippen LogP) is 4.39. The van der Waals surface area contributed by atoms with Crippen molar-refractivity contribution in [2.75, 3.05) is 0 Å². The van der Waals surface area contributed by atoms with Gasteiger partial charge in [0.25, 0.3) is 0 Å². The lowest BCUT2D eigenvalue weighted by Crippen LogP contribution is -2.07. The second kappa shape index (κ2) is 5.99. The molecule has 110 valence electrons. The highest BCUT2D eigenvalue weighted by molar-refractivity contribution is 5.69. The van der Waals surface area contributed by atoms with Crippen molar-refractivity contribution < 1.29 is 23.1 Å². The molecule has 5 heteroatoms. The lowest BCUT2D eigenvalue weighted by atomic mass is 9.96. The number of rotatable bonds is 4. The quantitative estimate of drug-likeness (QED) is 0.908. The van der Waals surface area contributed by atoms with E-state index in [1.54, 1.807) is 30.3 Å². The van der Waals surface area contributed by atoms with Gasteiger partial charge in [-0.2, -0.15) is 13.2 Å². The fraction of sp³-hybridized carbons (Fsp3) is 0.188. The van der Waals surface area contributed by atoms with E-state index in [9.17, 15) is 18.0 Å². The first-order chi connectivity index (χ1) is 9.88. The highest BCUT2D eigenvalue weighted by atomic mass is 19.4. The Kier molecular flexibility index (Phi) is 4.31. The van der Waals surface area contributed by atoms with Gasteiger partial charge in [0.1, 0.15) is 0 Å². The average Bonchev–Trinajstić information content (AvgIpc) is 2.44. The summed E-state index contributed by atoms with van der Waals surface area (Å²) < 4.78 is 39.0. The Balaban J connectivity index is 2.39. The van der Waals surface area contributed by atoms with Crippen molar-refractivity contribution in [1.29, 1.82) is 0 Å². The Labute approximate surface area is 119 Å². The van der Waals surface area contributed by atoms with Gasteiger partial charge in [-0.1, -0.05) is 42.5 Å². The van der Waals surface area contributed by atoms with E-state index in [1.807, 2.05) is 0 Å². The highest BCUT2D eigenvalue weighted by Crippen LogP contribution is 2.37. The van der Waals surface area contributed by atoms with Crippen LogP contribution in [0, 0.1) is 0 Å². The van der Waals surface area contributed by atoms with Crippen molar-refractivity contribution in [2.45, 2.75) is 19.0 Å². The summed E-state index contributed by atoms with van der Waals surface area (Å²) in [5.41, 5.74) is 0.542. The van der Waals surface area contributed by atoms with Crippen LogP contribution in [0.15, 0.2) is 48.5 Å². The maximum Gasteiger partial charge on any atom is 0.417 e. The van der Waals surface area contributed by atoms with Gasteiger partial charge >= 0.3 is 12.1 Å². The minimum atomic E-state index is -4.42. The number of halogens is 3. The smallest absolute Gasteiger partial charge is 0.417 e. The molecule has 0 bridgehead atoms. The molecule has 0 radical (unpaired) electrons. The zero-order valence-corrected chi connectivity index (χ0v) is 11.0. The lowest BCUT2D eigenvalue weighted by Gasteiger charge is -2.13. The monoisotopic (exact) mass is 294 g/mol. The molecule has 2 rings (SSSR count). The Hall–Kier alpha value is -2.30. The van der Waals surface area contributed by atoms with Crippen molar-refractivity contribution in [1.82, 2.24) is 0 Å². The van der Waals surface area contributed by atoms with Crippen LogP contribution >= 0.6 is 0 Å². The molecule has 1 N–H and O–H groups in total. The summed E-state index contributed by atoms with van der Waals surface area (Å²) >= 11 is 0. The molecule has 0 amide bonds. The van der Waals surface area contributed by atoms with Gasteiger partial charge in [-0.3, -0.25) is 4.79 Å². The summed E-state index contributed by atoms with van der Waals surface area (Å²) in [7, 11) is 0. The SMILES string of the molecule is O=C(O)CCc1cccc(-c2ccccc2C(F)(F)F)c1. The van der Waals surface area contributed by atoms with E-state index in [0.717, 1.165) is 6.07 Å². The number of aryl methyl sites for hydroxylation is 1. The predicted molar refractivity (Wildman–Crippen MR) is 72.8 cm³/mol. The van der Waals surface area contributed by atoms with Crippen LogP contribution < -0.4 is 0 Å². The van der Waals surface area contributed by atoms with Gasteiger partial charge in [0.05, 0.1) is 5.56 Å². The minimum absolute atomic E-state index is 0.0512. The first-order valence-corrected chi connectivity index (χ1v) is 6.35. The topological polar surface area (TPSA) is 37.3 Å². The third-order valence-electron chi connectivity index (χ3n) is 3.10. The number of hydrogen-bond acceptors (Lipinski definition) is 1. The minimum Gasteiger partial charge on any atom is -0.481 e. The van der Waals surface area contributed by atoms with Crippen molar-refractivity contribution in [3.8, 4) is 11.1 Å². The molecular weight excluding hydrogens is 281 g/mol. The standard InChI is InChI=1S/C16H13F3O2/c17-16(18,19)14-7-2-1-6-13(14)12-5-3-4-11(10-12)8-9-15(20)21/h1-7,10H,8-9H2,(H,20,21). The molecule has 2 nitrogen and oxygen atoms in total. The van der Waals surface area contributed by atoms with Crippen LogP contribution in [-0.4, -0.2) is 11.1 Å². The van der Waals surface area contributed by atoms with Gasteiger partial charge in [-0.25, -0.2) is 0 Å². The fourth-order valence-corrected chi connectivity index (χ4v) is 2.13. The van der Waals surface area contributed by atoms with Crippen molar-refractivity contribution in [3.63, 3.8) is 0 Å². The van der Waals surface area contributed by atoms with Crippen LogP contribution in [0.5, 0.6) is 0 Å². The van der Waals surface area contributed by atoms with E-state index in [1.165, 1.54) is 12.1 Å². The maximum atomic E-state index is 13.0. The van der Waals surface area contributed by atoms with E-state index in [-0.39, 0.29) is 18.4 Å². The summed E-state index contributed by atoms with van der Waals surface area (Å²) in [6.45, 7) is 0. The molecular formula is C16H13F3O2. The van der Waals surface area contributed by atoms with Gasteiger partial charge < -0.3 is 5.11 Å². The molecule has 0 heterocycles. The van der Waals surface area contributed by atoms with Crippen molar-refractivity contribution >= 4 is 5.97 Å². The Morgan fingerprint density at radius 3 is 2.43 bits per heavy atom. The van der Waals surface area contributed by atoms with Gasteiger partial charge in [-0.05, 0) is 29.2 Å². The second-order valence-corrected chi connectivity index (χ2v) is 4.64. The molecule has 0 unspecified atom stereocenters. The molecule has 2 aromatic carbocycles. The van der Waals surface area contributed by atoms with E-state index in [0.29, 0.717) is 11.1 Å². The van der Waals surface area contributed by atoms with E-state index < -0.39 is 17.7 Å². The normalized spacial score (nSPS) is 11.4. The van der Waals surface area contributed by atoms with Crippen LogP contribution in [-0.2, 0) is 17.4 Å². The molecule has 0 saturated carbocycles. The third-order valence-corrected chi connectivity index (χ3v) is 3.10. The largest absolute Gasteiger partial charge is 0.481 e. The molecule has 0 saturated heterocycles.